The molecule has 0 heterocycles. The number of aliphatic hydroxyl groups is 1. The van der Waals surface area contributed by atoms with Gasteiger partial charge in [0, 0.05) is 12.6 Å². The molecule has 0 aliphatic carbocycles. The number of ether oxygens (including phenoxy) is 1. The van der Waals surface area contributed by atoms with Crippen LogP contribution in [0.2, 0.25) is 0 Å². The van der Waals surface area contributed by atoms with Crippen LogP contribution in [0.15, 0.2) is 36.4 Å². The second-order valence-electron chi connectivity index (χ2n) is 5.16. The second-order valence-corrected chi connectivity index (χ2v) is 5.16. The van der Waals surface area contributed by atoms with Gasteiger partial charge in [-0.15, -0.1) is 0 Å². The van der Waals surface area contributed by atoms with E-state index in [1.807, 2.05) is 43.3 Å². The Hall–Kier alpha value is -2.07. The van der Waals surface area contributed by atoms with E-state index < -0.39 is 0 Å². The Morgan fingerprint density at radius 2 is 2.14 bits per heavy atom. The molecule has 112 valence electrons. The third kappa shape index (κ3) is 3.95. The average molecular weight is 287 g/mol. The fraction of sp³-hybridized carbons (Fsp3) is 0.353. The van der Waals surface area contributed by atoms with Crippen LogP contribution >= 0.6 is 0 Å². The number of rotatable bonds is 6. The highest BCUT2D eigenvalue weighted by Crippen LogP contribution is 2.24. The minimum Gasteiger partial charge on any atom is -0.497 e. The lowest BCUT2D eigenvalue weighted by Crippen LogP contribution is -2.34. The maximum Gasteiger partial charge on any atom is 0.224 e. The van der Waals surface area contributed by atoms with Gasteiger partial charge in [0.1, 0.15) is 5.75 Å². The summed E-state index contributed by atoms with van der Waals surface area (Å²) in [6.45, 7) is 1.97. The van der Waals surface area contributed by atoms with E-state index in [4.69, 9.17) is 9.84 Å². The van der Waals surface area contributed by atoms with E-state index in [1.165, 1.54) is 0 Å². The molecule has 1 atom stereocenters. The zero-order chi connectivity index (χ0) is 15.2. The van der Waals surface area contributed by atoms with Crippen LogP contribution in [0.4, 0.5) is 0 Å². The van der Waals surface area contributed by atoms with Crippen LogP contribution in [0.3, 0.4) is 0 Å². The molecular weight excluding hydrogens is 266 g/mol. The quantitative estimate of drug-likeness (QED) is 0.857. The van der Waals surface area contributed by atoms with Crippen molar-refractivity contribution in [2.75, 3.05) is 13.7 Å². The number of methoxy groups -OCH3 is 1. The first-order valence-electron chi connectivity index (χ1n) is 7.10. The fourth-order valence-electron chi connectivity index (χ4n) is 2.36. The van der Waals surface area contributed by atoms with Gasteiger partial charge in [-0.3, -0.25) is 4.79 Å². The number of amides is 1. The summed E-state index contributed by atoms with van der Waals surface area (Å²) in [5.41, 5.74) is 0.972. The van der Waals surface area contributed by atoms with Crippen LogP contribution in [-0.4, -0.2) is 30.8 Å². The van der Waals surface area contributed by atoms with Crippen LogP contribution in [0.5, 0.6) is 5.75 Å². The van der Waals surface area contributed by atoms with Gasteiger partial charge >= 0.3 is 0 Å². The predicted molar refractivity (Wildman–Crippen MR) is 83.5 cm³/mol. The summed E-state index contributed by atoms with van der Waals surface area (Å²) in [6, 6.07) is 11.8. The lowest BCUT2D eigenvalue weighted by atomic mass is 10.0. The van der Waals surface area contributed by atoms with Crippen molar-refractivity contribution >= 4 is 16.7 Å². The Bertz CT molecular complexity index is 624. The van der Waals surface area contributed by atoms with Crippen molar-refractivity contribution in [3.63, 3.8) is 0 Å². The Morgan fingerprint density at radius 1 is 1.33 bits per heavy atom. The van der Waals surface area contributed by atoms with Gasteiger partial charge < -0.3 is 15.2 Å². The van der Waals surface area contributed by atoms with E-state index in [9.17, 15) is 4.79 Å². The molecule has 0 radical (unpaired) electrons. The molecule has 0 bridgehead atoms. The fourth-order valence-corrected chi connectivity index (χ4v) is 2.36. The van der Waals surface area contributed by atoms with Crippen molar-refractivity contribution < 1.29 is 14.6 Å². The van der Waals surface area contributed by atoms with Gasteiger partial charge in [-0.2, -0.15) is 0 Å². The van der Waals surface area contributed by atoms with Crippen molar-refractivity contribution in [3.8, 4) is 5.75 Å². The van der Waals surface area contributed by atoms with Crippen LogP contribution in [0.1, 0.15) is 18.9 Å². The molecule has 2 rings (SSSR count). The molecular formula is C17H21NO3. The number of hydrogen-bond acceptors (Lipinski definition) is 3. The van der Waals surface area contributed by atoms with E-state index >= 15 is 0 Å². The minimum absolute atomic E-state index is 0.0213. The van der Waals surface area contributed by atoms with Crippen molar-refractivity contribution in [1.82, 2.24) is 5.32 Å². The minimum atomic E-state index is -0.0359. The molecule has 0 spiro atoms. The summed E-state index contributed by atoms with van der Waals surface area (Å²) in [6.07, 6.45) is 0.884. The zero-order valence-corrected chi connectivity index (χ0v) is 12.4. The number of fused-ring (bicyclic) bond motifs is 1. The summed E-state index contributed by atoms with van der Waals surface area (Å²) in [7, 11) is 1.63. The lowest BCUT2D eigenvalue weighted by molar-refractivity contribution is -0.121. The third-order valence-corrected chi connectivity index (χ3v) is 3.50. The first-order chi connectivity index (χ1) is 10.1. The van der Waals surface area contributed by atoms with Crippen LogP contribution in [0.25, 0.3) is 10.8 Å². The SMILES string of the molecule is COc1ccc2cccc(CC(=O)NC(C)CCO)c2c1. The summed E-state index contributed by atoms with van der Waals surface area (Å²) < 4.78 is 5.25. The highest BCUT2D eigenvalue weighted by molar-refractivity contribution is 5.91. The molecule has 0 saturated carbocycles. The Kier molecular flexibility index (Phi) is 5.17. The zero-order valence-electron chi connectivity index (χ0n) is 12.4. The van der Waals surface area contributed by atoms with Gasteiger partial charge in [0.05, 0.1) is 13.5 Å². The van der Waals surface area contributed by atoms with E-state index in [1.54, 1.807) is 7.11 Å². The predicted octanol–water partition coefficient (Wildman–Crippen LogP) is 2.28. The van der Waals surface area contributed by atoms with Crippen LogP contribution in [-0.2, 0) is 11.2 Å². The molecule has 2 aromatic rings. The van der Waals surface area contributed by atoms with Crippen molar-refractivity contribution in [2.24, 2.45) is 0 Å². The van der Waals surface area contributed by atoms with Gasteiger partial charge in [-0.25, -0.2) is 0 Å². The summed E-state index contributed by atoms with van der Waals surface area (Å²) in [5.74, 6) is 0.746. The monoisotopic (exact) mass is 287 g/mol. The highest BCUT2D eigenvalue weighted by Gasteiger charge is 2.10. The van der Waals surface area contributed by atoms with Crippen molar-refractivity contribution in [3.05, 3.63) is 42.0 Å². The maximum atomic E-state index is 12.1. The van der Waals surface area contributed by atoms with Crippen LogP contribution < -0.4 is 10.1 Å². The molecule has 0 aliphatic rings. The van der Waals surface area contributed by atoms with Gasteiger partial charge in [-0.05, 0) is 41.8 Å². The van der Waals surface area contributed by atoms with E-state index in [0.717, 1.165) is 22.1 Å². The second kappa shape index (κ2) is 7.09. The molecule has 4 heteroatoms. The lowest BCUT2D eigenvalue weighted by Gasteiger charge is -2.13. The molecule has 0 fully saturated rings. The highest BCUT2D eigenvalue weighted by atomic mass is 16.5. The molecule has 2 aromatic carbocycles. The van der Waals surface area contributed by atoms with Gasteiger partial charge in [0.2, 0.25) is 5.91 Å². The molecule has 21 heavy (non-hydrogen) atoms. The molecule has 0 aromatic heterocycles. The third-order valence-electron chi connectivity index (χ3n) is 3.50. The summed E-state index contributed by atoms with van der Waals surface area (Å²) >= 11 is 0. The number of carbonyl (C=O) groups excluding carboxylic acids is 1. The normalized spacial score (nSPS) is 12.1. The number of hydrogen-bond donors (Lipinski definition) is 2. The van der Waals surface area contributed by atoms with Crippen LogP contribution in [0, 0.1) is 0 Å². The van der Waals surface area contributed by atoms with Crippen molar-refractivity contribution in [1.29, 1.82) is 0 Å². The first-order valence-corrected chi connectivity index (χ1v) is 7.10. The van der Waals surface area contributed by atoms with Gasteiger partial charge in [0.15, 0.2) is 0 Å². The van der Waals surface area contributed by atoms with E-state index in [2.05, 4.69) is 5.32 Å². The topological polar surface area (TPSA) is 58.6 Å². The molecule has 0 saturated heterocycles. The standard InChI is InChI=1S/C17H21NO3/c1-12(8-9-19)18-17(20)10-14-5-3-4-13-6-7-15(21-2)11-16(13)14/h3-7,11-12,19H,8-10H2,1-2H3,(H,18,20). The van der Waals surface area contributed by atoms with Gasteiger partial charge in [-0.1, -0.05) is 24.3 Å². The number of benzene rings is 2. The number of aliphatic hydroxyl groups excluding tert-OH is 1. The van der Waals surface area contributed by atoms with Crippen molar-refractivity contribution in [2.45, 2.75) is 25.8 Å². The molecule has 4 nitrogen and oxygen atoms in total. The van der Waals surface area contributed by atoms with E-state index in [-0.39, 0.29) is 18.6 Å². The number of nitrogens with one attached hydrogen (secondary N) is 1. The Balaban J connectivity index is 2.19. The molecule has 1 unspecified atom stereocenters. The van der Waals surface area contributed by atoms with E-state index in [0.29, 0.717) is 12.8 Å². The Labute approximate surface area is 124 Å². The average Bonchev–Trinajstić information content (AvgIpc) is 2.47. The maximum absolute atomic E-state index is 12.1. The summed E-state index contributed by atoms with van der Waals surface area (Å²) in [5, 5.41) is 13.9. The smallest absolute Gasteiger partial charge is 0.224 e. The molecule has 0 aliphatic heterocycles. The molecule has 1 amide bonds. The van der Waals surface area contributed by atoms with Gasteiger partial charge in [0.25, 0.3) is 0 Å². The summed E-state index contributed by atoms with van der Waals surface area (Å²) in [4.78, 5) is 12.1. The first kappa shape index (κ1) is 15.3. The Morgan fingerprint density at radius 3 is 2.86 bits per heavy atom. The number of carbonyl (C=O) groups is 1. The molecule has 2 N–H and O–H groups in total. The largest absolute Gasteiger partial charge is 0.497 e.